The minimum Gasteiger partial charge on any atom is -0.309 e. The summed E-state index contributed by atoms with van der Waals surface area (Å²) >= 11 is 0. The first-order valence-corrected chi connectivity index (χ1v) is 11.7. The summed E-state index contributed by atoms with van der Waals surface area (Å²) in [5, 5.41) is 11.5. The Morgan fingerprint density at radius 1 is 0.500 bits per heavy atom. The summed E-state index contributed by atoms with van der Waals surface area (Å²) < 4.78 is 4.34. The van der Waals surface area contributed by atoms with E-state index >= 15 is 0 Å². The van der Waals surface area contributed by atoms with Crippen LogP contribution >= 0.6 is 0 Å². The lowest BCUT2D eigenvalue weighted by atomic mass is 10.2. The molecule has 0 aliphatic heterocycles. The van der Waals surface area contributed by atoms with E-state index in [0.29, 0.717) is 11.5 Å². The standard InChI is InChI=1S/C30H20N6/c1-2-8-21(9-3-1)29-33-34-30(26-20-31-18-19-32-26)36(29)23-16-14-22(15-17-23)35-27-12-6-4-10-24(27)25-11-5-7-13-28(25)35/h1-20H. The average Bonchev–Trinajstić information content (AvgIpc) is 3.54. The van der Waals surface area contributed by atoms with Crippen molar-refractivity contribution in [2.45, 2.75) is 0 Å². The number of benzene rings is 4. The topological polar surface area (TPSA) is 61.4 Å². The molecule has 0 radical (unpaired) electrons. The molecule has 0 aliphatic rings. The quantitative estimate of drug-likeness (QED) is 0.299. The molecule has 0 unspecified atom stereocenters. The molecule has 6 nitrogen and oxygen atoms in total. The maximum Gasteiger partial charge on any atom is 0.189 e. The average molecular weight is 465 g/mol. The predicted molar refractivity (Wildman–Crippen MR) is 142 cm³/mol. The molecular weight excluding hydrogens is 444 g/mol. The third kappa shape index (κ3) is 3.20. The van der Waals surface area contributed by atoms with Crippen LogP contribution in [0.15, 0.2) is 122 Å². The van der Waals surface area contributed by atoms with Crippen LogP contribution in [0, 0.1) is 0 Å². The minimum atomic E-state index is 0.645. The first-order chi connectivity index (χ1) is 17.9. The molecule has 7 aromatic rings. The van der Waals surface area contributed by atoms with Gasteiger partial charge in [0.15, 0.2) is 11.6 Å². The van der Waals surface area contributed by atoms with Gasteiger partial charge in [0.1, 0.15) is 5.69 Å². The SMILES string of the molecule is c1ccc(-c2nnc(-c3cnccn3)n2-c2ccc(-n3c4ccccc4c4ccccc43)cc2)cc1. The van der Waals surface area contributed by atoms with Gasteiger partial charge in [-0.15, -0.1) is 10.2 Å². The van der Waals surface area contributed by atoms with Gasteiger partial charge in [0.2, 0.25) is 0 Å². The summed E-state index contributed by atoms with van der Waals surface area (Å²) in [6.07, 6.45) is 5.03. The second-order valence-electron chi connectivity index (χ2n) is 8.53. The lowest BCUT2D eigenvalue weighted by Gasteiger charge is -2.13. The van der Waals surface area contributed by atoms with Gasteiger partial charge in [-0.05, 0) is 36.4 Å². The lowest BCUT2D eigenvalue weighted by molar-refractivity contribution is 1.04. The monoisotopic (exact) mass is 464 g/mol. The van der Waals surface area contributed by atoms with Gasteiger partial charge < -0.3 is 4.57 Å². The molecule has 170 valence electrons. The number of aromatic nitrogens is 6. The summed E-state index contributed by atoms with van der Waals surface area (Å²) in [7, 11) is 0. The van der Waals surface area contributed by atoms with E-state index in [1.165, 1.54) is 21.8 Å². The second-order valence-corrected chi connectivity index (χ2v) is 8.53. The van der Waals surface area contributed by atoms with Crippen LogP contribution < -0.4 is 0 Å². The van der Waals surface area contributed by atoms with Crippen molar-refractivity contribution in [2.75, 3.05) is 0 Å². The van der Waals surface area contributed by atoms with Crippen LogP contribution in [0.5, 0.6) is 0 Å². The molecule has 0 saturated carbocycles. The highest BCUT2D eigenvalue weighted by atomic mass is 15.3. The summed E-state index contributed by atoms with van der Waals surface area (Å²) in [6, 6.07) is 35.6. The molecule has 6 heteroatoms. The van der Waals surface area contributed by atoms with Gasteiger partial charge in [0.25, 0.3) is 0 Å². The molecule has 3 aromatic heterocycles. The van der Waals surface area contributed by atoms with Gasteiger partial charge in [0.05, 0.1) is 17.2 Å². The van der Waals surface area contributed by atoms with Crippen LogP contribution in [0.1, 0.15) is 0 Å². The first kappa shape index (κ1) is 20.3. The summed E-state index contributed by atoms with van der Waals surface area (Å²) in [5.41, 5.74) is 6.04. The number of para-hydroxylation sites is 2. The van der Waals surface area contributed by atoms with E-state index in [1.54, 1.807) is 18.6 Å². The first-order valence-electron chi connectivity index (χ1n) is 11.7. The summed E-state index contributed by atoms with van der Waals surface area (Å²) in [6.45, 7) is 0. The van der Waals surface area contributed by atoms with Gasteiger partial charge in [-0.25, -0.2) is 4.98 Å². The molecule has 0 N–H and O–H groups in total. The number of rotatable bonds is 4. The number of hydrogen-bond acceptors (Lipinski definition) is 4. The van der Waals surface area contributed by atoms with Crippen LogP contribution in [0.4, 0.5) is 0 Å². The highest BCUT2D eigenvalue weighted by Gasteiger charge is 2.18. The molecule has 0 aliphatic carbocycles. The molecule has 4 aromatic carbocycles. The van der Waals surface area contributed by atoms with Crippen molar-refractivity contribution in [3.8, 4) is 34.3 Å². The van der Waals surface area contributed by atoms with E-state index in [-0.39, 0.29) is 0 Å². The Hall–Kier alpha value is -5.10. The molecule has 3 heterocycles. The molecule has 0 saturated heterocycles. The number of fused-ring (bicyclic) bond motifs is 3. The number of nitrogens with zero attached hydrogens (tertiary/aromatic N) is 6. The third-order valence-electron chi connectivity index (χ3n) is 6.43. The number of hydrogen-bond donors (Lipinski definition) is 0. The van der Waals surface area contributed by atoms with E-state index in [2.05, 4.69) is 97.5 Å². The zero-order valence-corrected chi connectivity index (χ0v) is 19.2. The minimum absolute atomic E-state index is 0.645. The maximum atomic E-state index is 4.53. The van der Waals surface area contributed by atoms with E-state index < -0.39 is 0 Å². The van der Waals surface area contributed by atoms with E-state index in [4.69, 9.17) is 0 Å². The molecule has 0 bridgehead atoms. The molecular formula is C30H20N6. The largest absolute Gasteiger partial charge is 0.309 e. The molecule has 0 amide bonds. The zero-order chi connectivity index (χ0) is 23.9. The fourth-order valence-electron chi connectivity index (χ4n) is 4.83. The van der Waals surface area contributed by atoms with E-state index in [0.717, 1.165) is 22.8 Å². The maximum absolute atomic E-state index is 4.53. The van der Waals surface area contributed by atoms with Crippen molar-refractivity contribution < 1.29 is 0 Å². The second kappa shape index (κ2) is 8.29. The molecule has 36 heavy (non-hydrogen) atoms. The van der Waals surface area contributed by atoms with Crippen molar-refractivity contribution in [1.82, 2.24) is 29.3 Å². The Labute approximate surface area is 207 Å². The summed E-state index contributed by atoms with van der Waals surface area (Å²) in [5.74, 6) is 1.40. The Morgan fingerprint density at radius 3 is 1.72 bits per heavy atom. The van der Waals surface area contributed by atoms with Crippen molar-refractivity contribution in [1.29, 1.82) is 0 Å². The Balaban J connectivity index is 1.41. The van der Waals surface area contributed by atoms with Crippen LogP contribution in [-0.2, 0) is 0 Å². The zero-order valence-electron chi connectivity index (χ0n) is 19.2. The predicted octanol–water partition coefficient (Wildman–Crippen LogP) is 6.49. The van der Waals surface area contributed by atoms with E-state index in [9.17, 15) is 0 Å². The molecule has 0 spiro atoms. The fourth-order valence-corrected chi connectivity index (χ4v) is 4.83. The highest BCUT2D eigenvalue weighted by molar-refractivity contribution is 6.09. The Bertz CT molecular complexity index is 1710. The van der Waals surface area contributed by atoms with E-state index in [1.807, 2.05) is 34.9 Å². The molecule has 0 fully saturated rings. The van der Waals surface area contributed by atoms with Gasteiger partial charge in [-0.3, -0.25) is 9.55 Å². The van der Waals surface area contributed by atoms with Crippen LogP contribution in [0.3, 0.4) is 0 Å². The Morgan fingerprint density at radius 2 is 1.08 bits per heavy atom. The normalized spacial score (nSPS) is 11.3. The van der Waals surface area contributed by atoms with Crippen molar-refractivity contribution in [3.63, 3.8) is 0 Å². The van der Waals surface area contributed by atoms with Gasteiger partial charge in [-0.1, -0.05) is 66.7 Å². The van der Waals surface area contributed by atoms with Gasteiger partial charge in [0, 0.05) is 40.1 Å². The highest BCUT2D eigenvalue weighted by Crippen LogP contribution is 2.33. The van der Waals surface area contributed by atoms with Crippen LogP contribution in [0.2, 0.25) is 0 Å². The fraction of sp³-hybridized carbons (Fsp3) is 0. The third-order valence-corrected chi connectivity index (χ3v) is 6.43. The van der Waals surface area contributed by atoms with Crippen LogP contribution in [0.25, 0.3) is 56.1 Å². The smallest absolute Gasteiger partial charge is 0.189 e. The van der Waals surface area contributed by atoms with Crippen molar-refractivity contribution in [2.24, 2.45) is 0 Å². The lowest BCUT2D eigenvalue weighted by Crippen LogP contribution is -2.02. The van der Waals surface area contributed by atoms with Crippen molar-refractivity contribution >= 4 is 21.8 Å². The van der Waals surface area contributed by atoms with Gasteiger partial charge >= 0.3 is 0 Å². The Kier molecular flexibility index (Phi) is 4.67. The summed E-state index contributed by atoms with van der Waals surface area (Å²) in [4.78, 5) is 8.72. The molecule has 0 atom stereocenters. The molecule has 7 rings (SSSR count). The van der Waals surface area contributed by atoms with Gasteiger partial charge in [-0.2, -0.15) is 0 Å². The van der Waals surface area contributed by atoms with Crippen molar-refractivity contribution in [3.05, 3.63) is 122 Å². The van der Waals surface area contributed by atoms with Crippen LogP contribution in [-0.4, -0.2) is 29.3 Å².